The first kappa shape index (κ1) is 35.6. The van der Waals surface area contributed by atoms with Crippen molar-refractivity contribution in [2.24, 2.45) is 23.3 Å². The van der Waals surface area contributed by atoms with E-state index in [0.29, 0.717) is 6.54 Å². The minimum atomic E-state index is -2.56. The lowest BCUT2D eigenvalue weighted by Crippen LogP contribution is -2.32. The molecule has 43 heavy (non-hydrogen) atoms. The van der Waals surface area contributed by atoms with E-state index in [1.807, 2.05) is 42.5 Å². The molecule has 2 aromatic carbocycles. The van der Waals surface area contributed by atoms with Crippen LogP contribution >= 0.6 is 0 Å². The van der Waals surface area contributed by atoms with Crippen LogP contribution in [0.25, 0.3) is 0 Å². The fourth-order valence-electron chi connectivity index (χ4n) is 4.83. The van der Waals surface area contributed by atoms with Crippen LogP contribution in [-0.2, 0) is 22.6 Å². The number of urea groups is 1. The zero-order valence-electron chi connectivity index (χ0n) is 25.4. The molecular formula is C34H48F2N4O3. The van der Waals surface area contributed by atoms with Crippen LogP contribution in [0.1, 0.15) is 68.9 Å². The van der Waals surface area contributed by atoms with E-state index >= 15 is 0 Å². The highest BCUT2D eigenvalue weighted by atomic mass is 19.3. The Labute approximate surface area is 255 Å². The second-order valence-electron chi connectivity index (χ2n) is 11.3. The van der Waals surface area contributed by atoms with Crippen LogP contribution in [-0.4, -0.2) is 53.7 Å². The maximum absolute atomic E-state index is 12.5. The lowest BCUT2D eigenvalue weighted by atomic mass is 9.83. The number of allylic oxidation sites excluding steroid dienone is 1. The molecule has 9 heteroatoms. The molecule has 0 atom stereocenters. The van der Waals surface area contributed by atoms with E-state index in [0.717, 1.165) is 30.9 Å². The topological polar surface area (TPSA) is 110 Å². The van der Waals surface area contributed by atoms with Gasteiger partial charge >= 0.3 is 6.03 Å². The van der Waals surface area contributed by atoms with Gasteiger partial charge < -0.3 is 16.4 Å². The molecule has 1 aliphatic heterocycles. The molecule has 0 spiro atoms. The maximum atomic E-state index is 12.5. The molecule has 236 valence electrons. The number of benzene rings is 2. The van der Waals surface area contributed by atoms with Gasteiger partial charge in [-0.15, -0.1) is 6.58 Å². The predicted molar refractivity (Wildman–Crippen MR) is 167 cm³/mol. The van der Waals surface area contributed by atoms with Gasteiger partial charge in [-0.25, -0.2) is 13.6 Å². The van der Waals surface area contributed by atoms with Gasteiger partial charge in [-0.2, -0.15) is 0 Å². The maximum Gasteiger partial charge on any atom is 0.327 e. The number of alkyl halides is 2. The molecule has 3 fully saturated rings. The third-order valence-electron chi connectivity index (χ3n) is 7.77. The second kappa shape index (κ2) is 18.8. The lowest BCUT2D eigenvalue weighted by molar-refractivity contribution is -0.126. The van der Waals surface area contributed by atoms with E-state index in [2.05, 4.69) is 30.8 Å². The summed E-state index contributed by atoms with van der Waals surface area (Å²) in [5, 5.41) is 0. The van der Waals surface area contributed by atoms with Crippen molar-refractivity contribution < 1.29 is 23.2 Å². The summed E-state index contributed by atoms with van der Waals surface area (Å²) in [4.78, 5) is 36.3. The van der Waals surface area contributed by atoms with Crippen molar-refractivity contribution in [1.82, 2.24) is 9.80 Å². The summed E-state index contributed by atoms with van der Waals surface area (Å²) in [6.45, 7) is 5.02. The summed E-state index contributed by atoms with van der Waals surface area (Å²) >= 11 is 0. The number of halogens is 2. The Hall–Kier alpha value is -3.59. The Morgan fingerprint density at radius 2 is 1.53 bits per heavy atom. The molecule has 0 aromatic heterocycles. The Kier molecular flexibility index (Phi) is 15.6. The highest BCUT2D eigenvalue weighted by Crippen LogP contribution is 2.35. The minimum absolute atomic E-state index is 0.133. The third-order valence-corrected chi connectivity index (χ3v) is 7.77. The van der Waals surface area contributed by atoms with Crippen LogP contribution in [0.5, 0.6) is 0 Å². The largest absolute Gasteiger partial charge is 0.369 e. The first-order valence-corrected chi connectivity index (χ1v) is 15.2. The number of primary amides is 1. The Morgan fingerprint density at radius 1 is 0.977 bits per heavy atom. The zero-order valence-corrected chi connectivity index (χ0v) is 25.4. The van der Waals surface area contributed by atoms with Crippen LogP contribution in [0.4, 0.5) is 13.6 Å². The molecule has 1 saturated heterocycles. The van der Waals surface area contributed by atoms with E-state index in [-0.39, 0.29) is 50.1 Å². The highest BCUT2D eigenvalue weighted by molar-refractivity contribution is 6.01. The van der Waals surface area contributed by atoms with Crippen LogP contribution in [0.15, 0.2) is 73.3 Å². The van der Waals surface area contributed by atoms with Crippen molar-refractivity contribution in [2.75, 3.05) is 20.1 Å². The second-order valence-corrected chi connectivity index (χ2v) is 11.3. The molecular weight excluding hydrogens is 550 g/mol. The van der Waals surface area contributed by atoms with Crippen LogP contribution in [0.2, 0.25) is 0 Å². The number of imide groups is 1. The van der Waals surface area contributed by atoms with E-state index in [1.54, 1.807) is 7.05 Å². The molecule has 4 amide bonds. The summed E-state index contributed by atoms with van der Waals surface area (Å²) in [6.07, 6.45) is 9.92. The van der Waals surface area contributed by atoms with E-state index < -0.39 is 11.8 Å². The number of aryl methyl sites for hydroxylation is 1. The number of hydrogen-bond acceptors (Lipinski definition) is 4. The molecule has 2 aromatic rings. The molecule has 1 heterocycles. The number of rotatable bonds is 8. The van der Waals surface area contributed by atoms with Crippen molar-refractivity contribution in [2.45, 2.75) is 76.7 Å². The zero-order chi connectivity index (χ0) is 31.7. The highest BCUT2D eigenvalue weighted by Gasteiger charge is 2.36. The average Bonchev–Trinajstić information content (AvgIpc) is 3.21. The minimum Gasteiger partial charge on any atom is -0.369 e. The number of amides is 4. The van der Waals surface area contributed by atoms with E-state index in [4.69, 9.17) is 11.5 Å². The summed E-state index contributed by atoms with van der Waals surface area (Å²) < 4.78 is 25.0. The van der Waals surface area contributed by atoms with E-state index in [9.17, 15) is 23.2 Å². The average molecular weight is 599 g/mol. The number of nitrogens with zero attached hydrogens (tertiary/aromatic N) is 2. The Morgan fingerprint density at radius 3 is 1.93 bits per heavy atom. The number of carbonyl (C=O) groups is 3. The summed E-state index contributed by atoms with van der Waals surface area (Å²) in [5.74, 6) is -2.45. The normalized spacial score (nSPS) is 17.8. The van der Waals surface area contributed by atoms with Gasteiger partial charge in [0.2, 0.25) is 11.8 Å². The van der Waals surface area contributed by atoms with Gasteiger partial charge in [0.1, 0.15) is 6.54 Å². The van der Waals surface area contributed by atoms with Gasteiger partial charge in [0, 0.05) is 25.8 Å². The number of carbonyl (C=O) groups excluding carboxylic acids is 3. The molecule has 2 aliphatic carbocycles. The van der Waals surface area contributed by atoms with Gasteiger partial charge in [0.05, 0.1) is 6.54 Å². The third kappa shape index (κ3) is 13.5. The summed E-state index contributed by atoms with van der Waals surface area (Å²) in [7, 11) is 1.63. The van der Waals surface area contributed by atoms with Gasteiger partial charge in [0.25, 0.3) is 5.91 Å². The van der Waals surface area contributed by atoms with Crippen LogP contribution < -0.4 is 11.5 Å². The number of likely N-dealkylation sites (N-methyl/N-ethyl adjacent to an activating group) is 1. The van der Waals surface area contributed by atoms with Crippen molar-refractivity contribution >= 4 is 17.8 Å². The molecule has 3 aliphatic rings. The van der Waals surface area contributed by atoms with Crippen molar-refractivity contribution in [3.63, 3.8) is 0 Å². The smallest absolute Gasteiger partial charge is 0.327 e. The molecule has 7 nitrogen and oxygen atoms in total. The first-order chi connectivity index (χ1) is 20.6. The number of nitrogens with two attached hydrogens (primary N) is 2. The number of hydrogen-bond donors (Lipinski definition) is 2. The fraction of sp³-hybridized carbons (Fsp3) is 0.500. The van der Waals surface area contributed by atoms with Crippen LogP contribution in [0.3, 0.4) is 0 Å². The molecule has 5 rings (SSSR count). The SMILES string of the molecule is C=CCC1CCC1.CN1CC(=O)N(Cc2ccccc2)C1=O.NC(=O)C1CCC(F)(F)CC1.NCCCc1ccccc1. The predicted octanol–water partition coefficient (Wildman–Crippen LogP) is 6.32. The fourth-order valence-corrected chi connectivity index (χ4v) is 4.83. The summed E-state index contributed by atoms with van der Waals surface area (Å²) in [6, 6.07) is 19.7. The Bertz CT molecular complexity index is 1120. The quantitative estimate of drug-likeness (QED) is 0.274. The molecule has 0 bridgehead atoms. The first-order valence-electron chi connectivity index (χ1n) is 15.2. The molecule has 0 radical (unpaired) electrons. The molecule has 2 saturated carbocycles. The molecule has 0 unspecified atom stereocenters. The standard InChI is InChI=1S/C11H12N2O2.C9H13N.C7H11F2NO.C7H12/c1-12-8-10(14)13(11(12)15)7-9-5-3-2-4-6-9;10-8-4-7-9-5-2-1-3-6-9;8-7(9)3-1-5(2-4-7)6(10)11;1-2-4-7-5-3-6-7/h2-6H,7-8H2,1H3;1-3,5-6H,4,7-8,10H2;5H,1-4H2,(H2,10,11);2,7H,1,3-6H2. The monoisotopic (exact) mass is 598 g/mol. The van der Waals surface area contributed by atoms with Gasteiger partial charge in [-0.3, -0.25) is 14.5 Å². The van der Waals surface area contributed by atoms with Crippen molar-refractivity contribution in [3.8, 4) is 0 Å². The molecule has 4 N–H and O–H groups in total. The Balaban J connectivity index is 0.000000207. The van der Waals surface area contributed by atoms with Crippen molar-refractivity contribution in [3.05, 3.63) is 84.4 Å². The van der Waals surface area contributed by atoms with E-state index in [1.165, 1.54) is 41.0 Å². The lowest BCUT2D eigenvalue weighted by Gasteiger charge is -2.25. The summed E-state index contributed by atoms with van der Waals surface area (Å²) in [5.41, 5.74) is 12.7. The van der Waals surface area contributed by atoms with Gasteiger partial charge in [0.15, 0.2) is 0 Å². The van der Waals surface area contributed by atoms with Crippen LogP contribution in [0, 0.1) is 11.8 Å². The van der Waals surface area contributed by atoms with Crippen molar-refractivity contribution in [1.29, 1.82) is 0 Å². The van der Waals surface area contributed by atoms with Gasteiger partial charge in [-0.05, 0) is 55.7 Å². The van der Waals surface area contributed by atoms with Gasteiger partial charge in [-0.1, -0.05) is 86.0 Å².